The molecule has 0 bridgehead atoms. The first-order valence-electron chi connectivity index (χ1n) is 23.4. The molecule has 13 aromatic rings. The topological polar surface area (TPSA) is 43.5 Å². The maximum Gasteiger partial charge on any atom is 0.189 e. The lowest BCUT2D eigenvalue weighted by atomic mass is 10.0. The monoisotopic (exact) mass is 872 g/mol. The molecule has 0 N–H and O–H groups in total. The fraction of sp³-hybridized carbons (Fsp3) is 0.0968. The summed E-state index contributed by atoms with van der Waals surface area (Å²) in [5.41, 5.74) is 16.7. The molecule has 0 saturated heterocycles. The molecule has 0 amide bonds. The molecular weight excluding hydrogens is 829 g/mol. The van der Waals surface area contributed by atoms with Crippen LogP contribution in [0.2, 0.25) is 0 Å². The van der Waals surface area contributed by atoms with Crippen LogP contribution in [0.4, 0.5) is 39.8 Å². The Hall–Kier alpha value is -8.84. The molecule has 6 nitrogen and oxygen atoms in total. The van der Waals surface area contributed by atoms with E-state index in [1.165, 1.54) is 11.1 Å². The van der Waals surface area contributed by atoms with E-state index in [-0.39, 0.29) is 0 Å². The van der Waals surface area contributed by atoms with Crippen molar-refractivity contribution in [2.24, 2.45) is 0 Å². The zero-order valence-corrected chi connectivity index (χ0v) is 38.2. The van der Waals surface area contributed by atoms with E-state index in [1.54, 1.807) is 0 Å². The largest absolute Gasteiger partial charge is 0.310 e. The van der Waals surface area contributed by atoms with Crippen molar-refractivity contribution in [3.05, 3.63) is 210 Å². The van der Waals surface area contributed by atoms with E-state index in [2.05, 4.69) is 227 Å². The van der Waals surface area contributed by atoms with E-state index in [0.29, 0.717) is 23.1 Å². The third-order valence-electron chi connectivity index (χ3n) is 14.3. The van der Waals surface area contributed by atoms with Crippen molar-refractivity contribution < 1.29 is 0 Å². The smallest absolute Gasteiger partial charge is 0.189 e. The van der Waals surface area contributed by atoms with Gasteiger partial charge in [0.05, 0.1) is 57.2 Å². The zero-order chi connectivity index (χ0) is 45.9. The minimum absolute atomic E-state index is 0.419. The van der Waals surface area contributed by atoms with Crippen LogP contribution in [0, 0.1) is 17.9 Å². The van der Waals surface area contributed by atoms with Gasteiger partial charge in [-0.05, 0) is 114 Å². The summed E-state index contributed by atoms with van der Waals surface area (Å²) < 4.78 is 4.80. The second-order valence-electron chi connectivity index (χ2n) is 18.8. The van der Waals surface area contributed by atoms with Crippen LogP contribution in [0.1, 0.15) is 56.2 Å². The normalized spacial score (nSPS) is 12.1. The van der Waals surface area contributed by atoms with Gasteiger partial charge in [0.15, 0.2) is 5.69 Å². The number of benzene rings is 9. The molecule has 0 aliphatic heterocycles. The van der Waals surface area contributed by atoms with Crippen LogP contribution in [0.15, 0.2) is 182 Å². The summed E-state index contributed by atoms with van der Waals surface area (Å²) in [6.45, 7) is 17.0. The Morgan fingerprint density at radius 1 is 0.441 bits per heavy atom. The third-order valence-corrected chi connectivity index (χ3v) is 14.3. The minimum Gasteiger partial charge on any atom is -0.310 e. The number of aromatic nitrogens is 2. The van der Waals surface area contributed by atoms with Crippen LogP contribution in [-0.2, 0) is 0 Å². The maximum atomic E-state index is 10.3. The van der Waals surface area contributed by atoms with Crippen LogP contribution in [0.3, 0.4) is 0 Å². The molecular formula is C62H44N6. The van der Waals surface area contributed by atoms with Crippen LogP contribution < -0.4 is 9.80 Å². The van der Waals surface area contributed by atoms with Gasteiger partial charge < -0.3 is 18.6 Å². The molecule has 0 aliphatic carbocycles. The molecule has 4 aromatic heterocycles. The van der Waals surface area contributed by atoms with Gasteiger partial charge in [0.1, 0.15) is 0 Å². The van der Waals surface area contributed by atoms with Crippen molar-refractivity contribution in [3.63, 3.8) is 0 Å². The Labute approximate surface area is 393 Å². The molecule has 0 unspecified atom stereocenters. The fourth-order valence-electron chi connectivity index (χ4n) is 11.1. The number of nitrogens with zero attached hydrogens (tertiary/aromatic N) is 6. The Kier molecular flexibility index (Phi) is 8.62. The van der Waals surface area contributed by atoms with Gasteiger partial charge in [-0.15, -0.1) is 0 Å². The van der Waals surface area contributed by atoms with Crippen molar-refractivity contribution in [1.29, 1.82) is 5.26 Å². The van der Waals surface area contributed by atoms with E-state index >= 15 is 0 Å². The number of anilines is 6. The molecule has 0 aliphatic rings. The second kappa shape index (κ2) is 14.8. The van der Waals surface area contributed by atoms with Gasteiger partial charge in [-0.1, -0.05) is 119 Å². The van der Waals surface area contributed by atoms with Gasteiger partial charge in [0, 0.05) is 71.4 Å². The number of rotatable bonds is 8. The van der Waals surface area contributed by atoms with Gasteiger partial charge in [-0.3, -0.25) is 0 Å². The van der Waals surface area contributed by atoms with Gasteiger partial charge in [0.2, 0.25) is 0 Å². The lowest BCUT2D eigenvalue weighted by molar-refractivity contribution is 0.866. The van der Waals surface area contributed by atoms with Gasteiger partial charge in [-0.25, -0.2) is 4.85 Å². The van der Waals surface area contributed by atoms with Gasteiger partial charge in [0.25, 0.3) is 0 Å². The quantitative estimate of drug-likeness (QED) is 0.143. The Morgan fingerprint density at radius 2 is 0.853 bits per heavy atom. The Morgan fingerprint density at radius 3 is 1.29 bits per heavy atom. The van der Waals surface area contributed by atoms with Crippen LogP contribution in [0.25, 0.3) is 81.0 Å². The molecule has 322 valence electrons. The van der Waals surface area contributed by atoms with Crippen LogP contribution >= 0.6 is 0 Å². The molecule has 0 atom stereocenters. The highest BCUT2D eigenvalue weighted by Gasteiger charge is 2.28. The first kappa shape index (κ1) is 39.5. The number of nitriles is 1. The highest BCUT2D eigenvalue weighted by atomic mass is 15.2. The molecule has 0 radical (unpaired) electrons. The molecule has 68 heavy (non-hydrogen) atoms. The Balaban J connectivity index is 1.13. The van der Waals surface area contributed by atoms with Crippen LogP contribution in [0.5, 0.6) is 0 Å². The first-order chi connectivity index (χ1) is 33.3. The average Bonchev–Trinajstić information content (AvgIpc) is 4.10. The second-order valence-corrected chi connectivity index (χ2v) is 18.8. The summed E-state index contributed by atoms with van der Waals surface area (Å²) >= 11 is 0. The van der Waals surface area contributed by atoms with Gasteiger partial charge in [-0.2, -0.15) is 5.26 Å². The molecule has 9 aromatic carbocycles. The summed E-state index contributed by atoms with van der Waals surface area (Å²) in [4.78, 5) is 8.68. The minimum atomic E-state index is 0.419. The molecule has 0 spiro atoms. The van der Waals surface area contributed by atoms with Crippen molar-refractivity contribution in [2.75, 3.05) is 9.80 Å². The number of hydrogen-bond donors (Lipinski definition) is 0. The summed E-state index contributed by atoms with van der Waals surface area (Å²) in [6, 6.07) is 67.8. The summed E-state index contributed by atoms with van der Waals surface area (Å²) in [5, 5.41) is 19.3. The zero-order valence-electron chi connectivity index (χ0n) is 38.2. The predicted octanol–water partition coefficient (Wildman–Crippen LogP) is 17.6. The SMILES string of the molecule is [C-]#[N+]c1ccc2c3c(N(c4ccccc4)c4ccc(C(C)C)cc4)ccc4c5cc6c(cc5n(c2c1)c43)c1ccc(N(c2ccccc2)c2ccc(C(C)C)cc2)c2c3ccc(C#N)cc3n6c12. The number of fused-ring (bicyclic) bond motifs is 12. The molecule has 6 heteroatoms. The lowest BCUT2D eigenvalue weighted by Crippen LogP contribution is -2.10. The van der Waals surface area contributed by atoms with Crippen molar-refractivity contribution in [1.82, 2.24) is 8.80 Å². The van der Waals surface area contributed by atoms with E-state index in [0.717, 1.165) is 110 Å². The highest BCUT2D eigenvalue weighted by Crippen LogP contribution is 2.51. The summed E-state index contributed by atoms with van der Waals surface area (Å²) in [6.07, 6.45) is 0. The highest BCUT2D eigenvalue weighted by molar-refractivity contribution is 6.32. The van der Waals surface area contributed by atoms with E-state index < -0.39 is 0 Å². The third kappa shape index (κ3) is 5.62. The number of hydrogen-bond acceptors (Lipinski definition) is 3. The van der Waals surface area contributed by atoms with E-state index in [9.17, 15) is 5.26 Å². The fourth-order valence-corrected chi connectivity index (χ4v) is 11.1. The summed E-state index contributed by atoms with van der Waals surface area (Å²) in [7, 11) is 0. The van der Waals surface area contributed by atoms with Crippen molar-refractivity contribution in [2.45, 2.75) is 39.5 Å². The molecule has 13 rings (SSSR count). The average molecular weight is 873 g/mol. The standard InChI is InChI=1S/C62H44N6/c1-37(2)40-17-22-45(23-18-40)65(43-12-8-6-9-13-43)53-30-28-47-51-35-58-52(34-57(51)67-55-32-39(36-63)16-26-49(55)59(53)61(47)67)48-29-31-54(60-50-27-21-42(64-5)33-56(50)68(58)62(48)60)66(44-14-10-7-11-15-44)46-24-19-41(20-25-46)38(3)4/h6-35,37-38H,1-4H3. The van der Waals surface area contributed by atoms with Crippen molar-refractivity contribution >= 4 is 116 Å². The van der Waals surface area contributed by atoms with Crippen LogP contribution in [-0.4, -0.2) is 8.80 Å². The first-order valence-corrected chi connectivity index (χ1v) is 23.4. The molecule has 0 saturated carbocycles. The van der Waals surface area contributed by atoms with Crippen molar-refractivity contribution in [3.8, 4) is 6.07 Å². The van der Waals surface area contributed by atoms with E-state index in [1.807, 2.05) is 12.1 Å². The molecule has 0 fully saturated rings. The van der Waals surface area contributed by atoms with E-state index in [4.69, 9.17) is 6.57 Å². The number of para-hydroxylation sites is 2. The van der Waals surface area contributed by atoms with Gasteiger partial charge >= 0.3 is 0 Å². The Bertz CT molecular complexity index is 3930. The predicted molar refractivity (Wildman–Crippen MR) is 284 cm³/mol. The molecule has 4 heterocycles. The lowest BCUT2D eigenvalue weighted by Gasteiger charge is -2.27. The maximum absolute atomic E-state index is 10.3. The summed E-state index contributed by atoms with van der Waals surface area (Å²) in [5.74, 6) is 0.839.